The highest BCUT2D eigenvalue weighted by Gasteiger charge is 2.12. The van der Waals surface area contributed by atoms with Gasteiger partial charge in [-0.3, -0.25) is 4.79 Å². The van der Waals surface area contributed by atoms with Gasteiger partial charge >= 0.3 is 0 Å². The second-order valence-electron chi connectivity index (χ2n) is 3.63. The van der Waals surface area contributed by atoms with E-state index in [1.807, 2.05) is 13.0 Å². The second kappa shape index (κ2) is 4.74. The zero-order valence-corrected chi connectivity index (χ0v) is 10.4. The fourth-order valence-corrected chi connectivity index (χ4v) is 1.60. The van der Waals surface area contributed by atoms with Gasteiger partial charge in [0.2, 0.25) is 0 Å². The topological polar surface area (TPSA) is 17.1 Å². The van der Waals surface area contributed by atoms with Crippen molar-refractivity contribution in [2.45, 2.75) is 32.0 Å². The highest BCUT2D eigenvalue weighted by Crippen LogP contribution is 2.16. The van der Waals surface area contributed by atoms with E-state index in [0.29, 0.717) is 6.42 Å². The van der Waals surface area contributed by atoms with Gasteiger partial charge in [0.05, 0.1) is 4.83 Å². The lowest BCUT2D eigenvalue weighted by Gasteiger charge is -2.09. The van der Waals surface area contributed by atoms with Crippen LogP contribution in [0, 0.1) is 13.8 Å². The number of benzene rings is 1. The van der Waals surface area contributed by atoms with Crippen LogP contribution in [0.4, 0.5) is 0 Å². The number of rotatable bonds is 3. The van der Waals surface area contributed by atoms with Gasteiger partial charge in [-0.1, -0.05) is 34.1 Å². The third kappa shape index (κ3) is 2.68. The number of Topliss-reactive ketones (excluding diaryl/α,β-unsaturated/α-hetero) is 1. The second-order valence-corrected chi connectivity index (χ2v) is 5.00. The van der Waals surface area contributed by atoms with E-state index in [-0.39, 0.29) is 10.6 Å². The summed E-state index contributed by atoms with van der Waals surface area (Å²) < 4.78 is 0. The van der Waals surface area contributed by atoms with Crippen LogP contribution in [-0.4, -0.2) is 10.6 Å². The molecule has 0 N–H and O–H groups in total. The minimum absolute atomic E-state index is 0.0542. The molecule has 0 spiro atoms. The quantitative estimate of drug-likeness (QED) is 0.758. The summed E-state index contributed by atoms with van der Waals surface area (Å²) in [4.78, 5) is 11.5. The Morgan fingerprint density at radius 2 is 1.86 bits per heavy atom. The summed E-state index contributed by atoms with van der Waals surface area (Å²) >= 11 is 3.30. The molecular formula is C12H15BrO. The van der Waals surface area contributed by atoms with E-state index in [0.717, 1.165) is 0 Å². The highest BCUT2D eigenvalue weighted by molar-refractivity contribution is 9.10. The minimum atomic E-state index is -0.0542. The summed E-state index contributed by atoms with van der Waals surface area (Å²) in [5, 5.41) is 0. The SMILES string of the molecule is Cc1cccc(C)c1CC(=O)C(C)Br. The summed E-state index contributed by atoms with van der Waals surface area (Å²) in [6, 6.07) is 6.12. The maximum absolute atomic E-state index is 11.6. The summed E-state index contributed by atoms with van der Waals surface area (Å²) in [5.41, 5.74) is 3.57. The first-order chi connectivity index (χ1) is 6.52. The molecule has 0 aromatic heterocycles. The third-order valence-corrected chi connectivity index (χ3v) is 2.95. The van der Waals surface area contributed by atoms with Crippen LogP contribution in [-0.2, 0) is 11.2 Å². The van der Waals surface area contributed by atoms with Crippen molar-refractivity contribution in [1.82, 2.24) is 0 Å². The normalized spacial score (nSPS) is 12.6. The Morgan fingerprint density at radius 3 is 2.29 bits per heavy atom. The van der Waals surface area contributed by atoms with Crippen molar-refractivity contribution < 1.29 is 4.79 Å². The van der Waals surface area contributed by atoms with E-state index < -0.39 is 0 Å². The molecule has 0 radical (unpaired) electrons. The number of carbonyl (C=O) groups excluding carboxylic acids is 1. The molecule has 0 amide bonds. The van der Waals surface area contributed by atoms with Crippen LogP contribution >= 0.6 is 15.9 Å². The molecule has 0 saturated heterocycles. The van der Waals surface area contributed by atoms with Crippen molar-refractivity contribution in [3.8, 4) is 0 Å². The maximum atomic E-state index is 11.6. The minimum Gasteiger partial charge on any atom is -0.298 e. The van der Waals surface area contributed by atoms with Crippen molar-refractivity contribution in [3.63, 3.8) is 0 Å². The molecule has 0 aliphatic rings. The summed E-state index contributed by atoms with van der Waals surface area (Å²) in [5.74, 6) is 0.238. The lowest BCUT2D eigenvalue weighted by molar-refractivity contribution is -0.117. The van der Waals surface area contributed by atoms with Crippen molar-refractivity contribution in [1.29, 1.82) is 0 Å². The van der Waals surface area contributed by atoms with Gasteiger partial charge in [0.1, 0.15) is 0 Å². The van der Waals surface area contributed by atoms with Gasteiger partial charge in [-0.05, 0) is 37.5 Å². The van der Waals surface area contributed by atoms with E-state index in [1.165, 1.54) is 16.7 Å². The Hall–Kier alpha value is -0.630. The monoisotopic (exact) mass is 254 g/mol. The number of halogens is 1. The molecule has 0 bridgehead atoms. The molecule has 0 fully saturated rings. The average Bonchev–Trinajstić information content (AvgIpc) is 2.11. The van der Waals surface area contributed by atoms with Crippen molar-refractivity contribution in [2.24, 2.45) is 0 Å². The van der Waals surface area contributed by atoms with Crippen molar-refractivity contribution in [3.05, 3.63) is 34.9 Å². The molecule has 1 aromatic carbocycles. The number of hydrogen-bond donors (Lipinski definition) is 0. The first-order valence-corrected chi connectivity index (χ1v) is 5.66. The summed E-state index contributed by atoms with van der Waals surface area (Å²) in [7, 11) is 0. The Morgan fingerprint density at radius 1 is 1.36 bits per heavy atom. The highest BCUT2D eigenvalue weighted by atomic mass is 79.9. The molecule has 1 nitrogen and oxygen atoms in total. The molecule has 1 rings (SSSR count). The van der Waals surface area contributed by atoms with Gasteiger partial charge in [-0.2, -0.15) is 0 Å². The fourth-order valence-electron chi connectivity index (χ4n) is 1.44. The molecule has 0 aliphatic heterocycles. The van der Waals surface area contributed by atoms with Gasteiger partial charge < -0.3 is 0 Å². The Balaban J connectivity index is 2.91. The molecular weight excluding hydrogens is 240 g/mol. The molecule has 1 atom stereocenters. The van der Waals surface area contributed by atoms with Gasteiger partial charge in [0.15, 0.2) is 5.78 Å². The van der Waals surface area contributed by atoms with E-state index >= 15 is 0 Å². The maximum Gasteiger partial charge on any atom is 0.150 e. The van der Waals surface area contributed by atoms with Crippen LogP contribution in [0.15, 0.2) is 18.2 Å². The van der Waals surface area contributed by atoms with Crippen LogP contribution in [0.3, 0.4) is 0 Å². The molecule has 76 valence electrons. The number of carbonyl (C=O) groups is 1. The van der Waals surface area contributed by atoms with Crippen LogP contribution in [0.1, 0.15) is 23.6 Å². The predicted molar refractivity (Wildman–Crippen MR) is 63.0 cm³/mol. The smallest absolute Gasteiger partial charge is 0.150 e. The van der Waals surface area contributed by atoms with Crippen LogP contribution in [0.25, 0.3) is 0 Å². The Kier molecular flexibility index (Phi) is 3.87. The molecule has 1 unspecified atom stereocenters. The zero-order chi connectivity index (χ0) is 10.7. The van der Waals surface area contributed by atoms with Gasteiger partial charge in [0.25, 0.3) is 0 Å². The van der Waals surface area contributed by atoms with Gasteiger partial charge in [-0.25, -0.2) is 0 Å². The lowest BCUT2D eigenvalue weighted by atomic mass is 9.97. The molecule has 2 heteroatoms. The lowest BCUT2D eigenvalue weighted by Crippen LogP contribution is -2.14. The first-order valence-electron chi connectivity index (χ1n) is 4.74. The van der Waals surface area contributed by atoms with Crippen LogP contribution in [0.5, 0.6) is 0 Å². The number of ketones is 1. The first kappa shape index (κ1) is 11.4. The van der Waals surface area contributed by atoms with Gasteiger partial charge in [-0.15, -0.1) is 0 Å². The van der Waals surface area contributed by atoms with E-state index in [1.54, 1.807) is 0 Å². The predicted octanol–water partition coefficient (Wildman–Crippen LogP) is 3.20. The molecule has 0 heterocycles. The number of aryl methyl sites for hydroxylation is 2. The largest absolute Gasteiger partial charge is 0.298 e. The Bertz CT molecular complexity index is 322. The van der Waals surface area contributed by atoms with E-state index in [2.05, 4.69) is 41.9 Å². The molecule has 0 aliphatic carbocycles. The zero-order valence-electron chi connectivity index (χ0n) is 8.80. The van der Waals surface area contributed by atoms with Gasteiger partial charge in [0, 0.05) is 6.42 Å². The summed E-state index contributed by atoms with van der Waals surface area (Å²) in [6.45, 7) is 5.97. The van der Waals surface area contributed by atoms with Crippen LogP contribution < -0.4 is 0 Å². The standard InChI is InChI=1S/C12H15BrO/c1-8-5-4-6-9(2)11(8)7-12(14)10(3)13/h4-6,10H,7H2,1-3H3. The van der Waals surface area contributed by atoms with Crippen LogP contribution in [0.2, 0.25) is 0 Å². The molecule has 1 aromatic rings. The fraction of sp³-hybridized carbons (Fsp3) is 0.417. The van der Waals surface area contributed by atoms with E-state index in [9.17, 15) is 4.79 Å². The molecule has 14 heavy (non-hydrogen) atoms. The van der Waals surface area contributed by atoms with Crippen molar-refractivity contribution in [2.75, 3.05) is 0 Å². The average molecular weight is 255 g/mol. The van der Waals surface area contributed by atoms with E-state index in [4.69, 9.17) is 0 Å². The van der Waals surface area contributed by atoms with Crippen molar-refractivity contribution >= 4 is 21.7 Å². The number of hydrogen-bond acceptors (Lipinski definition) is 1. The Labute approximate surface area is 93.7 Å². The molecule has 0 saturated carbocycles. The summed E-state index contributed by atoms with van der Waals surface area (Å²) in [6.07, 6.45) is 0.533. The number of alkyl halides is 1. The third-order valence-electron chi connectivity index (χ3n) is 2.44.